The predicted molar refractivity (Wildman–Crippen MR) is 73.1 cm³/mol. The Morgan fingerprint density at radius 3 is 2.56 bits per heavy atom. The Morgan fingerprint density at radius 1 is 1.39 bits per heavy atom. The number of rotatable bonds is 3. The van der Waals surface area contributed by atoms with Crippen LogP contribution >= 0.6 is 17.0 Å². The standard InChI is InChI=1S/C11H13N3O3.BrH/c15-11(10-2-1-7-12-10)13-8-3-5-9(6-4-8)14(16)17;/h3-6,10,12H,1-2,7H2,(H,13,15);1H/t10-;/m0./s1. The molecule has 1 fully saturated rings. The van der Waals surface area contributed by atoms with Gasteiger partial charge >= 0.3 is 0 Å². The molecule has 1 atom stereocenters. The molecular weight excluding hydrogens is 302 g/mol. The Kier molecular flexibility index (Phi) is 5.24. The van der Waals surface area contributed by atoms with Crippen LogP contribution in [-0.2, 0) is 4.79 Å². The number of benzene rings is 1. The van der Waals surface area contributed by atoms with Gasteiger partial charge in [0.05, 0.1) is 11.0 Å². The molecule has 18 heavy (non-hydrogen) atoms. The fraction of sp³-hybridized carbons (Fsp3) is 0.364. The lowest BCUT2D eigenvalue weighted by atomic mass is 10.2. The average molecular weight is 316 g/mol. The largest absolute Gasteiger partial charge is 0.325 e. The topological polar surface area (TPSA) is 84.3 Å². The predicted octanol–water partition coefficient (Wildman–Crippen LogP) is 1.86. The van der Waals surface area contributed by atoms with Gasteiger partial charge in [-0.15, -0.1) is 17.0 Å². The highest BCUT2D eigenvalue weighted by Crippen LogP contribution is 2.16. The van der Waals surface area contributed by atoms with Gasteiger partial charge in [-0.2, -0.15) is 0 Å². The zero-order valence-corrected chi connectivity index (χ0v) is 11.3. The van der Waals surface area contributed by atoms with Crippen molar-refractivity contribution in [1.82, 2.24) is 5.32 Å². The molecule has 0 bridgehead atoms. The summed E-state index contributed by atoms with van der Waals surface area (Å²) in [6.07, 6.45) is 1.83. The SMILES string of the molecule is Br.O=C(Nc1ccc([N+](=O)[O-])cc1)[C@@H]1CCCN1. The Morgan fingerprint density at radius 2 is 2.06 bits per heavy atom. The maximum atomic E-state index is 11.7. The van der Waals surface area contributed by atoms with Gasteiger partial charge in [-0.3, -0.25) is 14.9 Å². The maximum absolute atomic E-state index is 11.7. The molecule has 6 nitrogen and oxygen atoms in total. The molecule has 0 unspecified atom stereocenters. The fourth-order valence-corrected chi connectivity index (χ4v) is 1.80. The normalized spacial score (nSPS) is 17.9. The number of halogens is 1. The third-order valence-electron chi connectivity index (χ3n) is 2.72. The summed E-state index contributed by atoms with van der Waals surface area (Å²) in [5, 5.41) is 16.3. The highest BCUT2D eigenvalue weighted by atomic mass is 79.9. The number of nitro benzene ring substituents is 1. The minimum Gasteiger partial charge on any atom is -0.325 e. The quantitative estimate of drug-likeness (QED) is 0.658. The molecule has 98 valence electrons. The van der Waals surface area contributed by atoms with Crippen LogP contribution in [0.4, 0.5) is 11.4 Å². The summed E-state index contributed by atoms with van der Waals surface area (Å²) in [4.78, 5) is 21.7. The average Bonchev–Trinajstić information content (AvgIpc) is 2.83. The molecule has 0 spiro atoms. The molecule has 0 radical (unpaired) electrons. The summed E-state index contributed by atoms with van der Waals surface area (Å²) in [5.74, 6) is -0.0867. The summed E-state index contributed by atoms with van der Waals surface area (Å²) in [5.41, 5.74) is 0.594. The van der Waals surface area contributed by atoms with E-state index in [-0.39, 0.29) is 34.6 Å². The molecule has 1 aromatic rings. The van der Waals surface area contributed by atoms with Gasteiger partial charge in [0.1, 0.15) is 0 Å². The fourth-order valence-electron chi connectivity index (χ4n) is 1.80. The summed E-state index contributed by atoms with van der Waals surface area (Å²) < 4.78 is 0. The molecule has 1 amide bonds. The number of nitrogens with zero attached hydrogens (tertiary/aromatic N) is 1. The number of carbonyl (C=O) groups is 1. The first kappa shape index (κ1) is 14.6. The number of non-ortho nitro benzene ring substituents is 1. The van der Waals surface area contributed by atoms with Crippen molar-refractivity contribution < 1.29 is 9.72 Å². The van der Waals surface area contributed by atoms with Crippen molar-refractivity contribution in [2.45, 2.75) is 18.9 Å². The van der Waals surface area contributed by atoms with E-state index in [1.54, 1.807) is 0 Å². The van der Waals surface area contributed by atoms with E-state index in [0.29, 0.717) is 5.69 Å². The highest BCUT2D eigenvalue weighted by Gasteiger charge is 2.21. The van der Waals surface area contributed by atoms with Crippen LogP contribution in [0, 0.1) is 10.1 Å². The maximum Gasteiger partial charge on any atom is 0.269 e. The number of amides is 1. The minimum absolute atomic E-state index is 0. The Labute approximate surface area is 115 Å². The van der Waals surface area contributed by atoms with Crippen LogP contribution in [-0.4, -0.2) is 23.4 Å². The van der Waals surface area contributed by atoms with E-state index in [9.17, 15) is 14.9 Å². The van der Waals surface area contributed by atoms with Crippen molar-refractivity contribution in [3.05, 3.63) is 34.4 Å². The Bertz CT molecular complexity index is 430. The number of carbonyl (C=O) groups excluding carboxylic acids is 1. The molecular formula is C11H14BrN3O3. The van der Waals surface area contributed by atoms with Crippen LogP contribution < -0.4 is 10.6 Å². The van der Waals surface area contributed by atoms with E-state index in [0.717, 1.165) is 19.4 Å². The van der Waals surface area contributed by atoms with Crippen LogP contribution in [0.2, 0.25) is 0 Å². The first-order valence-electron chi connectivity index (χ1n) is 5.45. The molecule has 1 aliphatic rings. The van der Waals surface area contributed by atoms with Crippen LogP contribution in [0.3, 0.4) is 0 Å². The van der Waals surface area contributed by atoms with Gasteiger partial charge in [0.25, 0.3) is 5.69 Å². The van der Waals surface area contributed by atoms with Crippen molar-refractivity contribution in [3.8, 4) is 0 Å². The van der Waals surface area contributed by atoms with Crippen LogP contribution in [0.25, 0.3) is 0 Å². The van der Waals surface area contributed by atoms with E-state index in [1.807, 2.05) is 0 Å². The molecule has 1 saturated heterocycles. The molecule has 2 rings (SSSR count). The van der Waals surface area contributed by atoms with Crippen LogP contribution in [0.5, 0.6) is 0 Å². The number of hydrogen-bond acceptors (Lipinski definition) is 4. The number of hydrogen-bond donors (Lipinski definition) is 2. The van der Waals surface area contributed by atoms with E-state index < -0.39 is 4.92 Å². The summed E-state index contributed by atoms with van der Waals surface area (Å²) in [6, 6.07) is 5.66. The van der Waals surface area contributed by atoms with Crippen molar-refractivity contribution >= 4 is 34.3 Å². The Hall–Kier alpha value is -1.47. The smallest absolute Gasteiger partial charge is 0.269 e. The summed E-state index contributed by atoms with van der Waals surface area (Å²) in [6.45, 7) is 0.859. The van der Waals surface area contributed by atoms with Gasteiger partial charge in [-0.1, -0.05) is 0 Å². The van der Waals surface area contributed by atoms with Crippen molar-refractivity contribution in [2.24, 2.45) is 0 Å². The van der Waals surface area contributed by atoms with E-state index >= 15 is 0 Å². The molecule has 0 aromatic heterocycles. The molecule has 1 heterocycles. The lowest BCUT2D eigenvalue weighted by Crippen LogP contribution is -2.35. The molecule has 0 saturated carbocycles. The Balaban J connectivity index is 0.00000162. The second-order valence-electron chi connectivity index (χ2n) is 3.94. The second kappa shape index (κ2) is 6.46. The zero-order chi connectivity index (χ0) is 12.3. The third-order valence-corrected chi connectivity index (χ3v) is 2.72. The van der Waals surface area contributed by atoms with Gasteiger partial charge in [-0.25, -0.2) is 0 Å². The number of nitro groups is 1. The molecule has 0 aliphatic carbocycles. The minimum atomic E-state index is -0.468. The van der Waals surface area contributed by atoms with Crippen molar-refractivity contribution in [1.29, 1.82) is 0 Å². The van der Waals surface area contributed by atoms with E-state index in [4.69, 9.17) is 0 Å². The van der Waals surface area contributed by atoms with E-state index in [2.05, 4.69) is 10.6 Å². The van der Waals surface area contributed by atoms with Gasteiger partial charge in [0.2, 0.25) is 5.91 Å². The van der Waals surface area contributed by atoms with Crippen LogP contribution in [0.1, 0.15) is 12.8 Å². The highest BCUT2D eigenvalue weighted by molar-refractivity contribution is 8.93. The molecule has 2 N–H and O–H groups in total. The van der Waals surface area contributed by atoms with Gasteiger partial charge in [0.15, 0.2) is 0 Å². The monoisotopic (exact) mass is 315 g/mol. The molecule has 1 aromatic carbocycles. The lowest BCUT2D eigenvalue weighted by molar-refractivity contribution is -0.384. The second-order valence-corrected chi connectivity index (χ2v) is 3.94. The molecule has 1 aliphatic heterocycles. The van der Waals surface area contributed by atoms with Crippen molar-refractivity contribution in [2.75, 3.05) is 11.9 Å². The lowest BCUT2D eigenvalue weighted by Gasteiger charge is -2.10. The van der Waals surface area contributed by atoms with Crippen molar-refractivity contribution in [3.63, 3.8) is 0 Å². The first-order chi connectivity index (χ1) is 8.16. The number of nitrogens with one attached hydrogen (secondary N) is 2. The molecule has 7 heteroatoms. The number of anilines is 1. The van der Waals surface area contributed by atoms with Gasteiger partial charge < -0.3 is 10.6 Å². The third kappa shape index (κ3) is 3.51. The van der Waals surface area contributed by atoms with Gasteiger partial charge in [-0.05, 0) is 31.5 Å². The van der Waals surface area contributed by atoms with Gasteiger partial charge in [0, 0.05) is 17.8 Å². The van der Waals surface area contributed by atoms with Crippen LogP contribution in [0.15, 0.2) is 24.3 Å². The summed E-state index contributed by atoms with van der Waals surface area (Å²) in [7, 11) is 0. The zero-order valence-electron chi connectivity index (χ0n) is 9.59. The summed E-state index contributed by atoms with van der Waals surface area (Å²) >= 11 is 0. The van der Waals surface area contributed by atoms with E-state index in [1.165, 1.54) is 24.3 Å². The first-order valence-corrected chi connectivity index (χ1v) is 5.45.